The molecule has 0 aliphatic heterocycles. The van der Waals surface area contributed by atoms with Crippen molar-refractivity contribution in [1.29, 1.82) is 0 Å². The van der Waals surface area contributed by atoms with Crippen LogP contribution in [0, 0.1) is 11.8 Å². The summed E-state index contributed by atoms with van der Waals surface area (Å²) < 4.78 is 5.78. The predicted molar refractivity (Wildman–Crippen MR) is 85.4 cm³/mol. The fourth-order valence-corrected chi connectivity index (χ4v) is 3.14. The van der Waals surface area contributed by atoms with E-state index in [9.17, 15) is 4.79 Å². The minimum Gasteiger partial charge on any atom is -0.376 e. The minimum atomic E-state index is -0.0701. The van der Waals surface area contributed by atoms with Gasteiger partial charge in [0.2, 0.25) is 0 Å². The quantitative estimate of drug-likeness (QED) is 0.647. The lowest BCUT2D eigenvalue weighted by Crippen LogP contribution is -2.29. The number of hydrogen-bond donors (Lipinski definition) is 2. The molecule has 114 valence electrons. The molecule has 0 atom stereocenters. The van der Waals surface area contributed by atoms with Crippen LogP contribution in [0.5, 0.6) is 0 Å². The molecule has 0 saturated heterocycles. The smallest absolute Gasteiger partial charge is 0.252 e. The summed E-state index contributed by atoms with van der Waals surface area (Å²) in [5.41, 5.74) is 5.98. The lowest BCUT2D eigenvalue weighted by Gasteiger charge is -2.21. The second-order valence-electron chi connectivity index (χ2n) is 5.09. The highest BCUT2D eigenvalue weighted by Crippen LogP contribution is 2.19. The molecule has 1 aromatic rings. The van der Waals surface area contributed by atoms with Crippen LogP contribution in [0.1, 0.15) is 47.3 Å². The van der Waals surface area contributed by atoms with Crippen LogP contribution in [0.4, 0.5) is 0 Å². The average Bonchev–Trinajstić information content (AvgIpc) is 2.99. The van der Waals surface area contributed by atoms with Crippen LogP contribution in [0.2, 0.25) is 0 Å². The summed E-state index contributed by atoms with van der Waals surface area (Å²) in [4.78, 5) is 12.8. The first-order chi connectivity index (χ1) is 10.3. The van der Waals surface area contributed by atoms with Gasteiger partial charge in [0.25, 0.3) is 5.91 Å². The molecule has 1 aromatic heterocycles. The Morgan fingerprint density at radius 3 is 3.00 bits per heavy atom. The van der Waals surface area contributed by atoms with Crippen molar-refractivity contribution in [2.45, 2.75) is 38.2 Å². The molecule has 0 unspecified atom stereocenters. The van der Waals surface area contributed by atoms with E-state index >= 15 is 0 Å². The van der Waals surface area contributed by atoms with Gasteiger partial charge in [-0.1, -0.05) is 31.1 Å². The molecule has 1 saturated carbocycles. The molecule has 1 fully saturated rings. The molecular weight excluding hydrogens is 284 g/mol. The number of hydrogen-bond acceptors (Lipinski definition) is 4. The minimum absolute atomic E-state index is 0.0701. The van der Waals surface area contributed by atoms with Crippen molar-refractivity contribution in [1.82, 2.24) is 5.32 Å². The van der Waals surface area contributed by atoms with Crippen LogP contribution < -0.4 is 11.1 Å². The number of rotatable bonds is 5. The number of thiophene rings is 1. The molecule has 2 rings (SSSR count). The molecule has 3 N–H and O–H groups in total. The van der Waals surface area contributed by atoms with Gasteiger partial charge < -0.3 is 15.8 Å². The topological polar surface area (TPSA) is 64.4 Å². The van der Waals surface area contributed by atoms with Gasteiger partial charge in [-0.05, 0) is 18.9 Å². The van der Waals surface area contributed by atoms with Crippen LogP contribution in [0.3, 0.4) is 0 Å². The number of ether oxygens (including phenoxy) is 1. The molecule has 0 spiro atoms. The highest BCUT2D eigenvalue weighted by atomic mass is 32.1. The molecule has 1 heterocycles. The first kappa shape index (κ1) is 16.0. The summed E-state index contributed by atoms with van der Waals surface area (Å²) in [6, 6.07) is 1.80. The first-order valence-electron chi connectivity index (χ1n) is 7.47. The van der Waals surface area contributed by atoms with Gasteiger partial charge in [0.15, 0.2) is 0 Å². The Morgan fingerprint density at radius 1 is 1.43 bits per heavy atom. The Kier molecular flexibility index (Phi) is 6.74. The van der Waals surface area contributed by atoms with Crippen molar-refractivity contribution in [3.8, 4) is 11.8 Å². The van der Waals surface area contributed by atoms with E-state index in [-0.39, 0.29) is 5.91 Å². The molecule has 21 heavy (non-hydrogen) atoms. The summed E-state index contributed by atoms with van der Waals surface area (Å²) in [6.45, 7) is 1.47. The highest BCUT2D eigenvalue weighted by molar-refractivity contribution is 7.10. The van der Waals surface area contributed by atoms with E-state index in [0.717, 1.165) is 17.7 Å². The third-order valence-electron chi connectivity index (χ3n) is 3.47. The van der Waals surface area contributed by atoms with Crippen molar-refractivity contribution in [2.24, 2.45) is 5.73 Å². The maximum Gasteiger partial charge on any atom is 0.252 e. The van der Waals surface area contributed by atoms with E-state index in [0.29, 0.717) is 31.4 Å². The van der Waals surface area contributed by atoms with Crippen molar-refractivity contribution >= 4 is 17.2 Å². The van der Waals surface area contributed by atoms with E-state index in [1.165, 1.54) is 30.6 Å². The van der Waals surface area contributed by atoms with E-state index < -0.39 is 0 Å². The maximum atomic E-state index is 12.0. The van der Waals surface area contributed by atoms with Crippen LogP contribution >= 0.6 is 11.3 Å². The Balaban J connectivity index is 1.68. The number of carbonyl (C=O) groups excluding carboxylic acids is 1. The first-order valence-corrected chi connectivity index (χ1v) is 8.35. The lowest BCUT2D eigenvalue weighted by atomic mass is 9.98. The molecule has 0 aromatic carbocycles. The third kappa shape index (κ3) is 5.50. The zero-order chi connectivity index (χ0) is 14.9. The second-order valence-corrected chi connectivity index (χ2v) is 6.00. The summed E-state index contributed by atoms with van der Waals surface area (Å²) in [5.74, 6) is 5.64. The van der Waals surface area contributed by atoms with Crippen LogP contribution in [-0.2, 0) is 4.74 Å². The Hall–Kier alpha value is -1.35. The number of nitrogens with one attached hydrogen (secondary N) is 1. The molecular formula is C16H22N2O2S. The monoisotopic (exact) mass is 306 g/mol. The van der Waals surface area contributed by atoms with Gasteiger partial charge in [-0.25, -0.2) is 0 Å². The lowest BCUT2D eigenvalue weighted by molar-refractivity contribution is 0.0299. The van der Waals surface area contributed by atoms with Gasteiger partial charge >= 0.3 is 0 Å². The van der Waals surface area contributed by atoms with Crippen molar-refractivity contribution in [3.63, 3.8) is 0 Å². The SMILES string of the molecule is NCC#Cc1cc(C(=O)NCCOC2CCCCC2)cs1. The Morgan fingerprint density at radius 2 is 2.24 bits per heavy atom. The average molecular weight is 306 g/mol. The van der Waals surface area contributed by atoms with Crippen molar-refractivity contribution in [3.05, 3.63) is 21.9 Å². The molecule has 1 aliphatic rings. The molecule has 0 radical (unpaired) electrons. The van der Waals surface area contributed by atoms with E-state index in [1.807, 2.05) is 5.38 Å². The standard InChI is InChI=1S/C16H22N2O2S/c17-8-4-7-15-11-13(12-21-15)16(19)18-9-10-20-14-5-2-1-3-6-14/h11-12,14H,1-3,5-6,8-10,17H2,(H,18,19). The predicted octanol–water partition coefficient (Wildman–Crippen LogP) is 2.14. The zero-order valence-electron chi connectivity index (χ0n) is 12.2. The maximum absolute atomic E-state index is 12.0. The summed E-state index contributed by atoms with van der Waals surface area (Å²) >= 11 is 1.46. The van der Waals surface area contributed by atoms with Gasteiger partial charge in [0.05, 0.1) is 29.7 Å². The number of nitrogens with two attached hydrogens (primary N) is 1. The van der Waals surface area contributed by atoms with E-state index in [2.05, 4.69) is 17.2 Å². The Bertz CT molecular complexity index is 510. The van der Waals surface area contributed by atoms with Crippen LogP contribution in [0.25, 0.3) is 0 Å². The molecule has 1 amide bonds. The fourth-order valence-electron chi connectivity index (χ4n) is 2.38. The van der Waals surface area contributed by atoms with Crippen LogP contribution in [-0.4, -0.2) is 31.7 Å². The summed E-state index contributed by atoms with van der Waals surface area (Å²) in [5, 5.41) is 4.70. The second kappa shape index (κ2) is 8.83. The largest absolute Gasteiger partial charge is 0.376 e. The number of amides is 1. The van der Waals surface area contributed by atoms with E-state index in [1.54, 1.807) is 6.07 Å². The summed E-state index contributed by atoms with van der Waals surface area (Å²) in [7, 11) is 0. The molecule has 1 aliphatic carbocycles. The number of carbonyl (C=O) groups is 1. The normalized spacial score (nSPS) is 15.3. The third-order valence-corrected chi connectivity index (χ3v) is 4.31. The highest BCUT2D eigenvalue weighted by Gasteiger charge is 2.13. The van der Waals surface area contributed by atoms with Gasteiger partial charge in [-0.2, -0.15) is 0 Å². The molecule has 4 nitrogen and oxygen atoms in total. The molecule has 0 bridgehead atoms. The Labute approximate surface area is 130 Å². The van der Waals surface area contributed by atoms with Crippen molar-refractivity contribution in [2.75, 3.05) is 19.7 Å². The molecule has 5 heteroatoms. The summed E-state index contributed by atoms with van der Waals surface area (Å²) in [6.07, 6.45) is 6.54. The van der Waals surface area contributed by atoms with Crippen LogP contribution in [0.15, 0.2) is 11.4 Å². The fraction of sp³-hybridized carbons (Fsp3) is 0.562. The zero-order valence-corrected chi connectivity index (χ0v) is 13.0. The van der Waals surface area contributed by atoms with Gasteiger partial charge in [0.1, 0.15) is 0 Å². The van der Waals surface area contributed by atoms with Gasteiger partial charge in [0, 0.05) is 11.9 Å². The van der Waals surface area contributed by atoms with Gasteiger partial charge in [-0.3, -0.25) is 4.79 Å². The van der Waals surface area contributed by atoms with Crippen molar-refractivity contribution < 1.29 is 9.53 Å². The van der Waals surface area contributed by atoms with E-state index in [4.69, 9.17) is 10.5 Å². The van der Waals surface area contributed by atoms with Gasteiger partial charge in [-0.15, -0.1) is 11.3 Å².